The van der Waals surface area contributed by atoms with E-state index in [0.717, 1.165) is 16.6 Å². The van der Waals surface area contributed by atoms with E-state index < -0.39 is 0 Å². The van der Waals surface area contributed by atoms with Crippen LogP contribution >= 0.6 is 0 Å². The van der Waals surface area contributed by atoms with Crippen LogP contribution in [-0.2, 0) is 24.8 Å². The van der Waals surface area contributed by atoms with Gasteiger partial charge in [0.25, 0.3) is 0 Å². The van der Waals surface area contributed by atoms with Crippen molar-refractivity contribution in [1.82, 2.24) is 14.9 Å². The lowest BCUT2D eigenvalue weighted by Crippen LogP contribution is -2.22. The SMILES string of the molecule is Cn1c(=O)oc2ccc(CCC(=O)NCc3ccncc3)cc21. The second kappa shape index (κ2) is 6.48. The minimum Gasteiger partial charge on any atom is -0.408 e. The number of oxazole rings is 1. The van der Waals surface area contributed by atoms with Crippen LogP contribution in [-0.4, -0.2) is 15.5 Å². The molecule has 0 aliphatic heterocycles. The van der Waals surface area contributed by atoms with Crippen molar-refractivity contribution in [2.45, 2.75) is 19.4 Å². The molecule has 0 bridgehead atoms. The van der Waals surface area contributed by atoms with Crippen molar-refractivity contribution in [3.8, 4) is 0 Å². The molecule has 0 unspecified atom stereocenters. The topological polar surface area (TPSA) is 77.1 Å². The lowest BCUT2D eigenvalue weighted by molar-refractivity contribution is -0.121. The fraction of sp³-hybridized carbons (Fsp3) is 0.235. The Balaban J connectivity index is 1.58. The number of nitrogens with zero attached hydrogens (tertiary/aromatic N) is 2. The molecule has 1 amide bonds. The summed E-state index contributed by atoms with van der Waals surface area (Å²) in [4.78, 5) is 27.3. The average molecular weight is 311 g/mol. The van der Waals surface area contributed by atoms with Gasteiger partial charge in [0.1, 0.15) is 0 Å². The summed E-state index contributed by atoms with van der Waals surface area (Å²) in [5.41, 5.74) is 3.31. The molecule has 0 fully saturated rings. The smallest absolute Gasteiger partial charge is 0.408 e. The molecule has 3 aromatic rings. The van der Waals surface area contributed by atoms with E-state index in [-0.39, 0.29) is 11.7 Å². The number of rotatable bonds is 5. The van der Waals surface area contributed by atoms with Gasteiger partial charge in [0.05, 0.1) is 5.52 Å². The highest BCUT2D eigenvalue weighted by molar-refractivity contribution is 5.77. The van der Waals surface area contributed by atoms with Crippen molar-refractivity contribution < 1.29 is 9.21 Å². The minimum atomic E-state index is -0.382. The molecule has 2 aromatic heterocycles. The van der Waals surface area contributed by atoms with Crippen molar-refractivity contribution in [3.63, 3.8) is 0 Å². The summed E-state index contributed by atoms with van der Waals surface area (Å²) in [6, 6.07) is 9.26. The van der Waals surface area contributed by atoms with E-state index in [2.05, 4.69) is 10.3 Å². The third-order valence-electron chi connectivity index (χ3n) is 3.74. The first kappa shape index (κ1) is 15.0. The lowest BCUT2D eigenvalue weighted by Gasteiger charge is -2.05. The minimum absolute atomic E-state index is 0.0111. The maximum atomic E-state index is 11.9. The second-order valence-corrected chi connectivity index (χ2v) is 5.36. The highest BCUT2D eigenvalue weighted by Crippen LogP contribution is 2.15. The van der Waals surface area contributed by atoms with Crippen LogP contribution in [0.25, 0.3) is 11.1 Å². The van der Waals surface area contributed by atoms with Crippen LogP contribution in [0.3, 0.4) is 0 Å². The van der Waals surface area contributed by atoms with Crippen LogP contribution in [0.1, 0.15) is 17.5 Å². The number of amides is 1. The summed E-state index contributed by atoms with van der Waals surface area (Å²) in [7, 11) is 1.67. The van der Waals surface area contributed by atoms with Gasteiger partial charge >= 0.3 is 5.76 Å². The molecule has 1 N–H and O–H groups in total. The Morgan fingerprint density at radius 2 is 2.00 bits per heavy atom. The van der Waals surface area contributed by atoms with Crippen molar-refractivity contribution in [2.24, 2.45) is 7.05 Å². The van der Waals surface area contributed by atoms with Gasteiger partial charge in [-0.15, -0.1) is 0 Å². The van der Waals surface area contributed by atoms with Crippen LogP contribution in [0.15, 0.2) is 51.9 Å². The Morgan fingerprint density at radius 1 is 1.22 bits per heavy atom. The number of fused-ring (bicyclic) bond motifs is 1. The van der Waals surface area contributed by atoms with E-state index in [9.17, 15) is 9.59 Å². The second-order valence-electron chi connectivity index (χ2n) is 5.36. The van der Waals surface area contributed by atoms with Crippen LogP contribution in [0, 0.1) is 0 Å². The standard InChI is InChI=1S/C17H17N3O3/c1-20-14-10-12(2-4-15(14)23-17(20)22)3-5-16(21)19-11-13-6-8-18-9-7-13/h2,4,6-10H,3,5,11H2,1H3,(H,19,21). The van der Waals surface area contributed by atoms with Gasteiger partial charge in [-0.25, -0.2) is 4.79 Å². The van der Waals surface area contributed by atoms with Crippen molar-refractivity contribution in [1.29, 1.82) is 0 Å². The highest BCUT2D eigenvalue weighted by Gasteiger charge is 2.08. The van der Waals surface area contributed by atoms with Crippen molar-refractivity contribution >= 4 is 17.0 Å². The lowest BCUT2D eigenvalue weighted by atomic mass is 10.1. The number of aryl methyl sites for hydroxylation is 2. The number of benzene rings is 1. The summed E-state index contributed by atoms with van der Waals surface area (Å²) in [5.74, 6) is -0.393. The van der Waals surface area contributed by atoms with Crippen LogP contribution < -0.4 is 11.1 Å². The Morgan fingerprint density at radius 3 is 2.78 bits per heavy atom. The average Bonchev–Trinajstić information content (AvgIpc) is 2.86. The fourth-order valence-corrected chi connectivity index (χ4v) is 2.38. The van der Waals surface area contributed by atoms with Crippen molar-refractivity contribution in [2.75, 3.05) is 0 Å². The van der Waals surface area contributed by atoms with Gasteiger partial charge in [-0.2, -0.15) is 0 Å². The molecule has 23 heavy (non-hydrogen) atoms. The largest absolute Gasteiger partial charge is 0.419 e. The van der Waals surface area contributed by atoms with Gasteiger partial charge in [-0.05, 0) is 41.8 Å². The summed E-state index contributed by atoms with van der Waals surface area (Å²) < 4.78 is 6.55. The number of hydrogen-bond donors (Lipinski definition) is 1. The molecule has 6 nitrogen and oxygen atoms in total. The van der Waals surface area contributed by atoms with Gasteiger partial charge in [-0.1, -0.05) is 6.07 Å². The normalized spacial score (nSPS) is 10.8. The number of carbonyl (C=O) groups excluding carboxylic acids is 1. The Hall–Kier alpha value is -2.89. The first-order chi connectivity index (χ1) is 11.1. The number of pyridine rings is 1. The molecule has 1 aromatic carbocycles. The summed E-state index contributed by atoms with van der Waals surface area (Å²) in [5, 5.41) is 2.88. The predicted molar refractivity (Wildman–Crippen MR) is 85.9 cm³/mol. The molecule has 0 aliphatic carbocycles. The third-order valence-corrected chi connectivity index (χ3v) is 3.74. The number of nitrogens with one attached hydrogen (secondary N) is 1. The summed E-state index contributed by atoms with van der Waals surface area (Å²) in [6.45, 7) is 0.497. The van der Waals surface area contributed by atoms with E-state index in [4.69, 9.17) is 4.42 Å². The Labute approximate surface area is 132 Å². The number of carbonyl (C=O) groups is 1. The van der Waals surface area contributed by atoms with Gasteiger partial charge in [0.15, 0.2) is 5.58 Å². The molecular formula is C17H17N3O3. The van der Waals surface area contributed by atoms with Crippen LogP contribution in [0.5, 0.6) is 0 Å². The Bertz CT molecular complexity index is 881. The molecule has 0 spiro atoms. The first-order valence-electron chi connectivity index (χ1n) is 7.37. The number of aromatic nitrogens is 2. The zero-order valence-corrected chi connectivity index (χ0v) is 12.8. The molecule has 3 rings (SSSR count). The Kier molecular flexibility index (Phi) is 4.23. The third kappa shape index (κ3) is 3.48. The maximum Gasteiger partial charge on any atom is 0.419 e. The molecule has 0 radical (unpaired) electrons. The van der Waals surface area contributed by atoms with E-state index in [0.29, 0.717) is 25.0 Å². The van der Waals surface area contributed by atoms with Crippen molar-refractivity contribution in [3.05, 3.63) is 64.4 Å². The first-order valence-corrected chi connectivity index (χ1v) is 7.37. The van der Waals surface area contributed by atoms with Gasteiger partial charge in [-0.3, -0.25) is 14.3 Å². The van der Waals surface area contributed by atoms with Crippen LogP contribution in [0.4, 0.5) is 0 Å². The molecule has 2 heterocycles. The van der Waals surface area contributed by atoms with Gasteiger partial charge < -0.3 is 9.73 Å². The molecular weight excluding hydrogens is 294 g/mol. The van der Waals surface area contributed by atoms with Gasteiger partial charge in [0, 0.05) is 32.4 Å². The zero-order chi connectivity index (χ0) is 16.2. The molecule has 0 aliphatic rings. The molecule has 0 saturated carbocycles. The van der Waals surface area contributed by atoms with E-state index in [1.807, 2.05) is 24.3 Å². The molecule has 6 heteroatoms. The fourth-order valence-electron chi connectivity index (χ4n) is 2.38. The molecule has 0 saturated heterocycles. The summed E-state index contributed by atoms with van der Waals surface area (Å²) >= 11 is 0. The van der Waals surface area contributed by atoms with Gasteiger partial charge in [0.2, 0.25) is 5.91 Å². The molecule has 118 valence electrons. The zero-order valence-electron chi connectivity index (χ0n) is 12.8. The summed E-state index contributed by atoms with van der Waals surface area (Å²) in [6.07, 6.45) is 4.40. The monoisotopic (exact) mass is 311 g/mol. The van der Waals surface area contributed by atoms with E-state index in [1.165, 1.54) is 4.57 Å². The maximum absolute atomic E-state index is 11.9. The predicted octanol–water partition coefficient (Wildman–Crippen LogP) is 1.78. The molecule has 0 atom stereocenters. The highest BCUT2D eigenvalue weighted by atomic mass is 16.4. The quantitative estimate of drug-likeness (QED) is 0.779. The van der Waals surface area contributed by atoms with E-state index in [1.54, 1.807) is 25.5 Å². The number of hydrogen-bond acceptors (Lipinski definition) is 4. The van der Waals surface area contributed by atoms with Crippen LogP contribution in [0.2, 0.25) is 0 Å². The van der Waals surface area contributed by atoms with E-state index >= 15 is 0 Å².